The van der Waals surface area contributed by atoms with E-state index >= 15 is 0 Å². The molecule has 1 heterocycles. The van der Waals surface area contributed by atoms with Crippen molar-refractivity contribution in [3.63, 3.8) is 0 Å². The summed E-state index contributed by atoms with van der Waals surface area (Å²) in [6, 6.07) is 15.7. The standard InChI is InChI=1S/C27H28N2O5S/c30-24(29-23(26(31)32)14-35-25(29)15-9-10-15)21-11-16(21)12-28-27(33)34-13-22-19-7-3-1-5-17(19)18-6-2-4-8-20(18)22/h1-8,15-16,21-23,25H,9-14H2,(H,28,33)(H,31,32)/t16-,21-,23?,25?/m1/s1. The second kappa shape index (κ2) is 8.90. The smallest absolute Gasteiger partial charge is 0.407 e. The molecule has 182 valence electrons. The number of thioether (sulfide) groups is 1. The zero-order chi connectivity index (χ0) is 24.1. The van der Waals surface area contributed by atoms with Gasteiger partial charge in [0.2, 0.25) is 5.91 Å². The van der Waals surface area contributed by atoms with Crippen LogP contribution in [0.5, 0.6) is 0 Å². The predicted molar refractivity (Wildman–Crippen MR) is 132 cm³/mol. The number of rotatable bonds is 7. The van der Waals surface area contributed by atoms with E-state index in [1.165, 1.54) is 11.1 Å². The molecule has 0 aromatic heterocycles. The Morgan fingerprint density at radius 1 is 1.03 bits per heavy atom. The van der Waals surface area contributed by atoms with Crippen molar-refractivity contribution >= 4 is 29.7 Å². The van der Waals surface area contributed by atoms with Gasteiger partial charge in [0.15, 0.2) is 0 Å². The molecule has 3 aliphatic carbocycles. The first kappa shape index (κ1) is 22.5. The Bertz CT molecular complexity index is 1140. The van der Waals surface area contributed by atoms with Crippen LogP contribution in [0.1, 0.15) is 36.3 Å². The van der Waals surface area contributed by atoms with E-state index in [2.05, 4.69) is 29.6 Å². The highest BCUT2D eigenvalue weighted by Crippen LogP contribution is 2.49. The van der Waals surface area contributed by atoms with Crippen LogP contribution >= 0.6 is 11.8 Å². The SMILES string of the molecule is O=C(NC[C@H]1C[C@H]1C(=O)N1C(C(=O)O)CSC1C1CC1)OCC1c2ccccc2-c2ccccc21. The van der Waals surface area contributed by atoms with Crippen LogP contribution in [0.2, 0.25) is 0 Å². The highest BCUT2D eigenvalue weighted by Gasteiger charge is 2.53. The highest BCUT2D eigenvalue weighted by molar-refractivity contribution is 8.00. The van der Waals surface area contributed by atoms with Gasteiger partial charge in [0.05, 0.1) is 5.37 Å². The number of hydrogen-bond acceptors (Lipinski definition) is 5. The second-order valence-corrected chi connectivity index (χ2v) is 11.1. The van der Waals surface area contributed by atoms with Crippen molar-refractivity contribution in [1.82, 2.24) is 10.2 Å². The number of benzene rings is 2. The number of fused-ring (bicyclic) bond motifs is 3. The Kier molecular flexibility index (Phi) is 5.71. The van der Waals surface area contributed by atoms with Crippen molar-refractivity contribution in [2.24, 2.45) is 17.8 Å². The van der Waals surface area contributed by atoms with Crippen molar-refractivity contribution in [3.05, 3.63) is 59.7 Å². The minimum atomic E-state index is -0.928. The summed E-state index contributed by atoms with van der Waals surface area (Å²) in [6.07, 6.45) is 2.31. The number of carbonyl (C=O) groups excluding carboxylic acids is 2. The Morgan fingerprint density at radius 3 is 2.31 bits per heavy atom. The molecule has 2 aromatic rings. The quantitative estimate of drug-likeness (QED) is 0.608. The average molecular weight is 493 g/mol. The molecule has 1 aliphatic heterocycles. The Labute approximate surface area is 208 Å². The number of ether oxygens (including phenoxy) is 1. The molecule has 3 fully saturated rings. The van der Waals surface area contributed by atoms with E-state index < -0.39 is 18.1 Å². The van der Waals surface area contributed by atoms with Gasteiger partial charge in [-0.05, 0) is 53.4 Å². The van der Waals surface area contributed by atoms with Crippen LogP contribution in [-0.4, -0.2) is 58.3 Å². The van der Waals surface area contributed by atoms with Gasteiger partial charge in [-0.2, -0.15) is 0 Å². The first-order chi connectivity index (χ1) is 17.0. The number of carboxylic acid groups (broad SMARTS) is 1. The van der Waals surface area contributed by atoms with Gasteiger partial charge in [0.1, 0.15) is 12.6 Å². The van der Waals surface area contributed by atoms with E-state index in [-0.39, 0.29) is 35.6 Å². The molecule has 2 unspecified atom stereocenters. The molecule has 35 heavy (non-hydrogen) atoms. The average Bonchev–Trinajstić information content (AvgIpc) is 3.79. The van der Waals surface area contributed by atoms with Crippen LogP contribution in [0.15, 0.2) is 48.5 Å². The molecule has 7 nitrogen and oxygen atoms in total. The lowest BCUT2D eigenvalue weighted by Crippen LogP contribution is -2.47. The Hall–Kier alpha value is -3.00. The second-order valence-electron chi connectivity index (χ2n) is 9.97. The fourth-order valence-electron chi connectivity index (χ4n) is 5.57. The Morgan fingerprint density at radius 2 is 1.69 bits per heavy atom. The van der Waals surface area contributed by atoms with E-state index in [1.807, 2.05) is 24.3 Å². The third-order valence-electron chi connectivity index (χ3n) is 7.69. The van der Waals surface area contributed by atoms with Crippen LogP contribution in [0.25, 0.3) is 11.1 Å². The summed E-state index contributed by atoms with van der Waals surface area (Å²) in [7, 11) is 0. The summed E-state index contributed by atoms with van der Waals surface area (Å²) in [6.45, 7) is 0.612. The fraction of sp³-hybridized carbons (Fsp3) is 0.444. The minimum Gasteiger partial charge on any atom is -0.480 e. The maximum absolute atomic E-state index is 13.2. The third kappa shape index (κ3) is 4.18. The summed E-state index contributed by atoms with van der Waals surface area (Å²) >= 11 is 1.59. The zero-order valence-electron chi connectivity index (χ0n) is 19.3. The van der Waals surface area contributed by atoms with Crippen molar-refractivity contribution < 1.29 is 24.2 Å². The number of aliphatic carboxylic acids is 1. The molecular formula is C27H28N2O5S. The molecular weight excluding hydrogens is 464 g/mol. The zero-order valence-corrected chi connectivity index (χ0v) is 20.1. The van der Waals surface area contributed by atoms with Crippen LogP contribution in [0, 0.1) is 17.8 Å². The van der Waals surface area contributed by atoms with Gasteiger partial charge >= 0.3 is 12.1 Å². The van der Waals surface area contributed by atoms with Crippen LogP contribution in [-0.2, 0) is 14.3 Å². The first-order valence-corrected chi connectivity index (χ1v) is 13.3. The van der Waals surface area contributed by atoms with E-state index in [4.69, 9.17) is 4.74 Å². The number of alkyl carbamates (subject to hydrolysis) is 1. The van der Waals surface area contributed by atoms with E-state index in [9.17, 15) is 19.5 Å². The lowest BCUT2D eigenvalue weighted by molar-refractivity contribution is -0.150. The fourth-order valence-corrected chi connectivity index (χ4v) is 7.21. The van der Waals surface area contributed by atoms with Gasteiger partial charge in [-0.15, -0.1) is 11.8 Å². The predicted octanol–water partition coefficient (Wildman–Crippen LogP) is 3.93. The van der Waals surface area contributed by atoms with Crippen LogP contribution in [0.3, 0.4) is 0 Å². The lowest BCUT2D eigenvalue weighted by atomic mass is 9.98. The summed E-state index contributed by atoms with van der Waals surface area (Å²) in [5.41, 5.74) is 4.69. The van der Waals surface area contributed by atoms with Gasteiger partial charge < -0.3 is 20.1 Å². The molecule has 0 bridgehead atoms. The van der Waals surface area contributed by atoms with Gasteiger partial charge in [0.25, 0.3) is 0 Å². The molecule has 0 spiro atoms. The largest absolute Gasteiger partial charge is 0.480 e. The van der Waals surface area contributed by atoms with E-state index in [0.29, 0.717) is 24.6 Å². The van der Waals surface area contributed by atoms with Gasteiger partial charge in [-0.3, -0.25) is 4.79 Å². The number of amides is 2. The summed E-state index contributed by atoms with van der Waals surface area (Å²) in [5, 5.41) is 12.4. The monoisotopic (exact) mass is 492 g/mol. The molecule has 2 aromatic carbocycles. The third-order valence-corrected chi connectivity index (χ3v) is 9.15. The summed E-state index contributed by atoms with van der Waals surface area (Å²) < 4.78 is 5.59. The molecule has 2 N–H and O–H groups in total. The first-order valence-electron chi connectivity index (χ1n) is 12.3. The van der Waals surface area contributed by atoms with Crippen molar-refractivity contribution in [1.29, 1.82) is 0 Å². The lowest BCUT2D eigenvalue weighted by Gasteiger charge is -2.27. The molecule has 0 radical (unpaired) electrons. The number of carboxylic acids is 1. The maximum Gasteiger partial charge on any atom is 0.407 e. The maximum atomic E-state index is 13.2. The molecule has 6 rings (SSSR count). The van der Waals surface area contributed by atoms with Gasteiger partial charge in [-0.25, -0.2) is 9.59 Å². The van der Waals surface area contributed by atoms with E-state index in [1.54, 1.807) is 16.7 Å². The number of nitrogens with one attached hydrogen (secondary N) is 1. The van der Waals surface area contributed by atoms with Crippen molar-refractivity contribution in [2.45, 2.75) is 36.6 Å². The van der Waals surface area contributed by atoms with Crippen LogP contribution < -0.4 is 5.32 Å². The molecule has 2 amide bonds. The van der Waals surface area contributed by atoms with E-state index in [0.717, 1.165) is 24.0 Å². The summed E-state index contributed by atoms with van der Waals surface area (Å²) in [5.74, 6) is -0.305. The molecule has 2 saturated carbocycles. The topological polar surface area (TPSA) is 95.9 Å². The molecule has 1 saturated heterocycles. The molecule has 8 heteroatoms. The van der Waals surface area contributed by atoms with Crippen LogP contribution in [0.4, 0.5) is 4.79 Å². The van der Waals surface area contributed by atoms with Gasteiger partial charge in [-0.1, -0.05) is 48.5 Å². The highest BCUT2D eigenvalue weighted by atomic mass is 32.2. The number of carbonyl (C=O) groups is 3. The summed E-state index contributed by atoms with van der Waals surface area (Å²) in [4.78, 5) is 39.0. The minimum absolute atomic E-state index is 0.00313. The Balaban J connectivity index is 1.02. The number of hydrogen-bond donors (Lipinski definition) is 2. The molecule has 4 atom stereocenters. The van der Waals surface area contributed by atoms with Gasteiger partial charge in [0, 0.05) is 24.1 Å². The normalized spacial score (nSPS) is 26.7. The molecule has 4 aliphatic rings. The number of nitrogens with zero attached hydrogens (tertiary/aromatic N) is 1. The van der Waals surface area contributed by atoms with Crippen molar-refractivity contribution in [2.75, 3.05) is 18.9 Å². The van der Waals surface area contributed by atoms with Crippen molar-refractivity contribution in [3.8, 4) is 11.1 Å².